The Hall–Kier alpha value is -1.09. The second kappa shape index (κ2) is 4.62. The third-order valence-corrected chi connectivity index (χ3v) is 2.90. The molecule has 0 aliphatic carbocycles. The molecule has 1 aliphatic heterocycles. The van der Waals surface area contributed by atoms with Crippen molar-refractivity contribution in [3.63, 3.8) is 0 Å². The molecule has 0 radical (unpaired) electrons. The maximum Gasteiger partial charge on any atom is 0.125 e. The van der Waals surface area contributed by atoms with Crippen LogP contribution >= 0.6 is 0 Å². The Morgan fingerprint density at radius 1 is 1.40 bits per heavy atom. The number of anilines is 1. The van der Waals surface area contributed by atoms with Crippen LogP contribution in [0, 0.1) is 5.82 Å². The highest BCUT2D eigenvalue weighted by Crippen LogP contribution is 2.18. The Morgan fingerprint density at radius 2 is 2.27 bits per heavy atom. The van der Waals surface area contributed by atoms with E-state index in [1.54, 1.807) is 6.07 Å². The van der Waals surface area contributed by atoms with Crippen LogP contribution in [-0.4, -0.2) is 17.6 Å². The standard InChI is InChI=1S/C12H17FN2/c1-10-5-2-3-8-15(10)14-12-7-4-6-11(13)9-12/h4,6-7,9-10,14H,2-3,5,8H2,1H3. The predicted molar refractivity (Wildman–Crippen MR) is 60.0 cm³/mol. The SMILES string of the molecule is CC1CCCCN1Nc1cccc(F)c1. The summed E-state index contributed by atoms with van der Waals surface area (Å²) in [6.07, 6.45) is 3.72. The number of benzene rings is 1. The molecule has 3 heteroatoms. The molecule has 82 valence electrons. The van der Waals surface area contributed by atoms with E-state index in [2.05, 4.69) is 17.4 Å². The van der Waals surface area contributed by atoms with Gasteiger partial charge < -0.3 is 5.43 Å². The Morgan fingerprint density at radius 3 is 3.00 bits per heavy atom. The van der Waals surface area contributed by atoms with Crippen LogP contribution in [0.1, 0.15) is 26.2 Å². The maximum atomic E-state index is 13.0. The van der Waals surface area contributed by atoms with Crippen molar-refractivity contribution in [3.8, 4) is 0 Å². The molecule has 1 atom stereocenters. The first-order valence-corrected chi connectivity index (χ1v) is 5.54. The summed E-state index contributed by atoms with van der Waals surface area (Å²) in [7, 11) is 0. The van der Waals surface area contributed by atoms with Crippen LogP contribution < -0.4 is 5.43 Å². The molecule has 0 amide bonds. The first kappa shape index (κ1) is 10.4. The Labute approximate surface area is 90.1 Å². The van der Waals surface area contributed by atoms with Crippen LogP contribution in [0.25, 0.3) is 0 Å². The highest BCUT2D eigenvalue weighted by molar-refractivity contribution is 5.42. The second-order valence-electron chi connectivity index (χ2n) is 4.16. The summed E-state index contributed by atoms with van der Waals surface area (Å²) < 4.78 is 13.0. The van der Waals surface area contributed by atoms with Gasteiger partial charge >= 0.3 is 0 Å². The topological polar surface area (TPSA) is 15.3 Å². The molecule has 1 unspecified atom stereocenters. The van der Waals surface area contributed by atoms with Crippen molar-refractivity contribution in [1.82, 2.24) is 5.01 Å². The van der Waals surface area contributed by atoms with Gasteiger partial charge in [-0.25, -0.2) is 9.40 Å². The molecule has 1 fully saturated rings. The van der Waals surface area contributed by atoms with Crippen LogP contribution in [0.2, 0.25) is 0 Å². The van der Waals surface area contributed by atoms with Gasteiger partial charge in [0.05, 0.1) is 5.69 Å². The smallest absolute Gasteiger partial charge is 0.125 e. The van der Waals surface area contributed by atoms with E-state index in [0.29, 0.717) is 6.04 Å². The van der Waals surface area contributed by atoms with Gasteiger partial charge in [0, 0.05) is 12.6 Å². The van der Waals surface area contributed by atoms with E-state index in [1.807, 2.05) is 6.07 Å². The summed E-state index contributed by atoms with van der Waals surface area (Å²) >= 11 is 0. The zero-order chi connectivity index (χ0) is 10.7. The first-order chi connectivity index (χ1) is 7.25. The average molecular weight is 208 g/mol. The highest BCUT2D eigenvalue weighted by Gasteiger charge is 2.17. The van der Waals surface area contributed by atoms with Crippen LogP contribution in [0.15, 0.2) is 24.3 Å². The fourth-order valence-electron chi connectivity index (χ4n) is 1.99. The van der Waals surface area contributed by atoms with E-state index in [-0.39, 0.29) is 5.82 Å². The van der Waals surface area contributed by atoms with E-state index in [1.165, 1.54) is 31.4 Å². The van der Waals surface area contributed by atoms with Crippen molar-refractivity contribution in [2.45, 2.75) is 32.2 Å². The largest absolute Gasteiger partial charge is 0.319 e. The van der Waals surface area contributed by atoms with E-state index in [9.17, 15) is 4.39 Å². The van der Waals surface area contributed by atoms with E-state index in [0.717, 1.165) is 12.2 Å². The molecule has 2 nitrogen and oxygen atoms in total. The molecule has 15 heavy (non-hydrogen) atoms. The molecule has 1 aromatic rings. The lowest BCUT2D eigenvalue weighted by Gasteiger charge is -2.34. The van der Waals surface area contributed by atoms with Gasteiger partial charge in [-0.2, -0.15) is 0 Å². The summed E-state index contributed by atoms with van der Waals surface area (Å²) in [5.74, 6) is -0.190. The molecule has 1 aromatic carbocycles. The van der Waals surface area contributed by atoms with Gasteiger partial charge in [0.25, 0.3) is 0 Å². The van der Waals surface area contributed by atoms with Crippen molar-refractivity contribution < 1.29 is 4.39 Å². The van der Waals surface area contributed by atoms with E-state index < -0.39 is 0 Å². The Bertz CT molecular complexity index is 327. The molecule has 2 rings (SSSR count). The normalized spacial score (nSPS) is 22.7. The summed E-state index contributed by atoms with van der Waals surface area (Å²) in [5.41, 5.74) is 4.10. The summed E-state index contributed by atoms with van der Waals surface area (Å²) in [4.78, 5) is 0. The Balaban J connectivity index is 2.01. The third-order valence-electron chi connectivity index (χ3n) is 2.90. The zero-order valence-electron chi connectivity index (χ0n) is 9.04. The lowest BCUT2D eigenvalue weighted by molar-refractivity contribution is 0.197. The molecule has 0 spiro atoms. The number of halogens is 1. The molecule has 1 saturated heterocycles. The number of hydrogen-bond acceptors (Lipinski definition) is 2. The van der Waals surface area contributed by atoms with Crippen LogP contribution in [0.3, 0.4) is 0 Å². The molecular formula is C12H17FN2. The third kappa shape index (κ3) is 2.69. The minimum Gasteiger partial charge on any atom is -0.319 e. The minimum atomic E-state index is -0.190. The summed E-state index contributed by atoms with van der Waals surface area (Å²) in [6, 6.07) is 7.14. The van der Waals surface area contributed by atoms with Crippen LogP contribution in [0.5, 0.6) is 0 Å². The molecule has 1 aliphatic rings. The molecule has 1 heterocycles. The van der Waals surface area contributed by atoms with Gasteiger partial charge in [-0.05, 0) is 38.0 Å². The van der Waals surface area contributed by atoms with Crippen LogP contribution in [0.4, 0.5) is 10.1 Å². The lowest BCUT2D eigenvalue weighted by Crippen LogP contribution is -2.41. The van der Waals surface area contributed by atoms with Crippen LogP contribution in [-0.2, 0) is 0 Å². The monoisotopic (exact) mass is 208 g/mol. The minimum absolute atomic E-state index is 0.190. The average Bonchev–Trinajstić information content (AvgIpc) is 2.22. The van der Waals surface area contributed by atoms with Gasteiger partial charge in [0.15, 0.2) is 0 Å². The van der Waals surface area contributed by atoms with Gasteiger partial charge in [-0.15, -0.1) is 0 Å². The molecular weight excluding hydrogens is 191 g/mol. The van der Waals surface area contributed by atoms with E-state index in [4.69, 9.17) is 0 Å². The fraction of sp³-hybridized carbons (Fsp3) is 0.500. The highest BCUT2D eigenvalue weighted by atomic mass is 19.1. The van der Waals surface area contributed by atoms with Crippen molar-refractivity contribution >= 4 is 5.69 Å². The fourth-order valence-corrected chi connectivity index (χ4v) is 1.99. The van der Waals surface area contributed by atoms with Gasteiger partial charge in [0.2, 0.25) is 0 Å². The van der Waals surface area contributed by atoms with Gasteiger partial charge in [-0.3, -0.25) is 0 Å². The number of nitrogens with one attached hydrogen (secondary N) is 1. The molecule has 0 aromatic heterocycles. The van der Waals surface area contributed by atoms with Crippen molar-refractivity contribution in [1.29, 1.82) is 0 Å². The summed E-state index contributed by atoms with van der Waals surface area (Å²) in [5, 5.41) is 2.19. The second-order valence-corrected chi connectivity index (χ2v) is 4.16. The number of hydrogen-bond donors (Lipinski definition) is 1. The number of hydrazine groups is 1. The molecule has 1 N–H and O–H groups in total. The van der Waals surface area contributed by atoms with Gasteiger partial charge in [0.1, 0.15) is 5.82 Å². The van der Waals surface area contributed by atoms with E-state index >= 15 is 0 Å². The molecule has 0 bridgehead atoms. The first-order valence-electron chi connectivity index (χ1n) is 5.54. The van der Waals surface area contributed by atoms with Gasteiger partial charge in [-0.1, -0.05) is 12.5 Å². The number of nitrogens with zero attached hydrogens (tertiary/aromatic N) is 1. The van der Waals surface area contributed by atoms with Crippen molar-refractivity contribution in [3.05, 3.63) is 30.1 Å². The van der Waals surface area contributed by atoms with Crippen molar-refractivity contribution in [2.24, 2.45) is 0 Å². The number of rotatable bonds is 2. The Kier molecular flexibility index (Phi) is 3.21. The number of piperidine rings is 1. The molecule has 0 saturated carbocycles. The summed E-state index contributed by atoms with van der Waals surface area (Å²) in [6.45, 7) is 3.24. The quantitative estimate of drug-likeness (QED) is 0.803. The zero-order valence-corrected chi connectivity index (χ0v) is 9.04. The van der Waals surface area contributed by atoms with Crippen molar-refractivity contribution in [2.75, 3.05) is 12.0 Å². The lowest BCUT2D eigenvalue weighted by atomic mass is 10.1. The maximum absolute atomic E-state index is 13.0. The predicted octanol–water partition coefficient (Wildman–Crippen LogP) is 3.03.